The average molecular weight is 456 g/mol. The van der Waals surface area contributed by atoms with E-state index in [9.17, 15) is 14.4 Å². The fourth-order valence-electron chi connectivity index (χ4n) is 3.20. The third kappa shape index (κ3) is 8.78. The number of carbonyl (C=O) groups excluding carboxylic acids is 2. The number of nitrogens with one attached hydrogen (secondary N) is 1. The van der Waals surface area contributed by atoms with Gasteiger partial charge in [-0.05, 0) is 67.6 Å². The van der Waals surface area contributed by atoms with E-state index in [1.54, 1.807) is 48.5 Å². The molecule has 0 bridgehead atoms. The Hall–Kier alpha value is -3.65. The van der Waals surface area contributed by atoms with Crippen LogP contribution in [-0.2, 0) is 9.53 Å². The van der Waals surface area contributed by atoms with Crippen LogP contribution in [0.5, 0.6) is 5.75 Å². The number of aliphatic hydroxyl groups is 1. The van der Waals surface area contributed by atoms with Gasteiger partial charge in [0.15, 0.2) is 5.78 Å². The largest absolute Gasteiger partial charge is 0.491 e. The van der Waals surface area contributed by atoms with Crippen molar-refractivity contribution in [3.8, 4) is 5.75 Å². The fourth-order valence-corrected chi connectivity index (χ4v) is 3.20. The van der Waals surface area contributed by atoms with Crippen molar-refractivity contribution in [2.24, 2.45) is 5.92 Å². The topological polar surface area (TPSA) is 122 Å². The Morgan fingerprint density at radius 2 is 1.85 bits per heavy atom. The van der Waals surface area contributed by atoms with Crippen molar-refractivity contribution >= 4 is 23.5 Å². The highest BCUT2D eigenvalue weighted by molar-refractivity contribution is 5.95. The maximum Gasteiger partial charge on any atom is 0.412 e. The normalized spacial score (nSPS) is 12.7. The third-order valence-corrected chi connectivity index (χ3v) is 4.88. The number of hydrogen-bond donors (Lipinski definition) is 3. The van der Waals surface area contributed by atoms with Crippen molar-refractivity contribution in [2.75, 3.05) is 18.5 Å². The summed E-state index contributed by atoms with van der Waals surface area (Å²) in [6.45, 7) is 3.39. The number of ether oxygens (including phenoxy) is 2. The summed E-state index contributed by atoms with van der Waals surface area (Å²) in [7, 11) is 0. The molecule has 1 amide bonds. The molecular weight excluding hydrogens is 426 g/mol. The summed E-state index contributed by atoms with van der Waals surface area (Å²) in [5.41, 5.74) is 1.73. The molecule has 0 spiro atoms. The summed E-state index contributed by atoms with van der Waals surface area (Å²) in [4.78, 5) is 34.7. The summed E-state index contributed by atoms with van der Waals surface area (Å²) in [6, 6.07) is 13.6. The summed E-state index contributed by atoms with van der Waals surface area (Å²) in [5.74, 6) is -0.687. The van der Waals surface area contributed by atoms with Crippen molar-refractivity contribution < 1.29 is 34.1 Å². The van der Waals surface area contributed by atoms with Crippen molar-refractivity contribution in [3.05, 3.63) is 71.8 Å². The molecule has 3 N–H and O–H groups in total. The standard InChI is InChI=1S/C25H29NO7/c1-17(6-3-4-9-23(29)30)24(20-7-5-8-22(16-20)32-15-14-27)33-25(31)26-21-12-10-19(11-13-21)18(2)28/h4-5,7-13,16-17,24,27H,3,6,14-15H2,1-2H3,(H,26,31)(H,29,30)/b9-4+/t17-,24+/m0/s1. The Bertz CT molecular complexity index is 969. The molecule has 8 nitrogen and oxygen atoms in total. The summed E-state index contributed by atoms with van der Waals surface area (Å²) >= 11 is 0. The van der Waals surface area contributed by atoms with E-state index < -0.39 is 18.2 Å². The molecular formula is C25H29NO7. The quantitative estimate of drug-likeness (QED) is 0.316. The van der Waals surface area contributed by atoms with Crippen LogP contribution in [0.25, 0.3) is 0 Å². The first-order valence-corrected chi connectivity index (χ1v) is 10.6. The lowest BCUT2D eigenvalue weighted by molar-refractivity contribution is -0.131. The minimum Gasteiger partial charge on any atom is -0.491 e. The van der Waals surface area contributed by atoms with Gasteiger partial charge >= 0.3 is 12.1 Å². The number of ketones is 1. The average Bonchev–Trinajstić information content (AvgIpc) is 2.79. The number of aliphatic hydroxyl groups excluding tert-OH is 1. The zero-order chi connectivity index (χ0) is 24.2. The number of Topliss-reactive ketones (excluding diaryl/α,β-unsaturated/α-hetero) is 1. The van der Waals surface area contributed by atoms with Gasteiger partial charge in [-0.3, -0.25) is 10.1 Å². The van der Waals surface area contributed by atoms with Gasteiger partial charge in [0, 0.05) is 17.3 Å². The molecule has 2 atom stereocenters. The summed E-state index contributed by atoms with van der Waals surface area (Å²) < 4.78 is 11.2. The van der Waals surface area contributed by atoms with Crippen LogP contribution in [0.1, 0.15) is 48.7 Å². The maximum absolute atomic E-state index is 12.6. The van der Waals surface area contributed by atoms with Gasteiger partial charge in [-0.15, -0.1) is 0 Å². The Morgan fingerprint density at radius 3 is 2.48 bits per heavy atom. The number of benzene rings is 2. The van der Waals surface area contributed by atoms with Crippen molar-refractivity contribution in [1.82, 2.24) is 0 Å². The van der Waals surface area contributed by atoms with Crippen LogP contribution in [0.2, 0.25) is 0 Å². The predicted octanol–water partition coefficient (Wildman–Crippen LogP) is 4.61. The van der Waals surface area contributed by atoms with Crippen molar-refractivity contribution in [2.45, 2.75) is 32.8 Å². The second-order valence-electron chi connectivity index (χ2n) is 7.52. The number of hydrogen-bond acceptors (Lipinski definition) is 6. The van der Waals surface area contributed by atoms with Crippen LogP contribution >= 0.6 is 0 Å². The van der Waals surface area contributed by atoms with Gasteiger partial charge in [0.2, 0.25) is 0 Å². The summed E-state index contributed by atoms with van der Waals surface area (Å²) in [5, 5.41) is 20.4. The highest BCUT2D eigenvalue weighted by atomic mass is 16.6. The Morgan fingerprint density at radius 1 is 1.12 bits per heavy atom. The van der Waals surface area contributed by atoms with Crippen LogP contribution in [0.3, 0.4) is 0 Å². The molecule has 0 aromatic heterocycles. The first-order chi connectivity index (χ1) is 15.8. The SMILES string of the molecule is CC(=O)c1ccc(NC(=O)O[C@@H](c2cccc(OCCO)c2)[C@@H](C)CC/C=C/C(=O)O)cc1. The minimum atomic E-state index is -1.01. The highest BCUT2D eigenvalue weighted by Gasteiger charge is 2.24. The monoisotopic (exact) mass is 455 g/mol. The van der Waals surface area contributed by atoms with Gasteiger partial charge < -0.3 is 19.7 Å². The van der Waals surface area contributed by atoms with Gasteiger partial charge in [0.1, 0.15) is 18.5 Å². The van der Waals surface area contributed by atoms with E-state index in [2.05, 4.69) is 5.32 Å². The number of carboxylic acid groups (broad SMARTS) is 1. The first kappa shape index (κ1) is 25.6. The molecule has 0 aliphatic heterocycles. The lowest BCUT2D eigenvalue weighted by Gasteiger charge is -2.25. The summed E-state index contributed by atoms with van der Waals surface area (Å²) in [6.07, 6.45) is 2.44. The Balaban J connectivity index is 2.16. The molecule has 33 heavy (non-hydrogen) atoms. The van der Waals surface area contributed by atoms with Crippen LogP contribution < -0.4 is 10.1 Å². The molecule has 0 unspecified atom stereocenters. The molecule has 176 valence electrons. The second kappa shape index (κ2) is 13.0. The van der Waals surface area contributed by atoms with E-state index in [0.717, 1.165) is 6.08 Å². The van der Waals surface area contributed by atoms with Crippen LogP contribution in [0, 0.1) is 5.92 Å². The molecule has 2 aromatic rings. The smallest absolute Gasteiger partial charge is 0.412 e. The molecule has 0 saturated carbocycles. The fraction of sp³-hybridized carbons (Fsp3) is 0.320. The number of aliphatic carboxylic acids is 1. The van der Waals surface area contributed by atoms with Gasteiger partial charge in [-0.1, -0.05) is 25.1 Å². The van der Waals surface area contributed by atoms with Gasteiger partial charge in [-0.2, -0.15) is 0 Å². The molecule has 0 saturated heterocycles. The number of rotatable bonds is 12. The zero-order valence-corrected chi connectivity index (χ0v) is 18.7. The second-order valence-corrected chi connectivity index (χ2v) is 7.52. The Kier molecular flexibility index (Phi) is 10.1. The van der Waals surface area contributed by atoms with Crippen LogP contribution in [0.15, 0.2) is 60.7 Å². The lowest BCUT2D eigenvalue weighted by Crippen LogP contribution is -2.22. The molecule has 2 rings (SSSR count). The molecule has 0 radical (unpaired) electrons. The molecule has 0 heterocycles. The maximum atomic E-state index is 12.6. The van der Waals surface area contributed by atoms with Crippen LogP contribution in [0.4, 0.5) is 10.5 Å². The van der Waals surface area contributed by atoms with E-state index in [1.807, 2.05) is 13.0 Å². The first-order valence-electron chi connectivity index (χ1n) is 10.6. The Labute approximate surface area is 192 Å². The van der Waals surface area contributed by atoms with E-state index in [4.69, 9.17) is 19.7 Å². The molecule has 0 fully saturated rings. The van der Waals surface area contributed by atoms with Gasteiger partial charge in [0.05, 0.1) is 6.61 Å². The highest BCUT2D eigenvalue weighted by Crippen LogP contribution is 2.32. The van der Waals surface area contributed by atoms with E-state index in [1.165, 1.54) is 6.92 Å². The zero-order valence-electron chi connectivity index (χ0n) is 18.7. The minimum absolute atomic E-state index is 0.0711. The lowest BCUT2D eigenvalue weighted by atomic mass is 9.93. The number of allylic oxidation sites excluding steroid dienone is 1. The van der Waals surface area contributed by atoms with E-state index >= 15 is 0 Å². The predicted molar refractivity (Wildman–Crippen MR) is 123 cm³/mol. The molecule has 0 aliphatic carbocycles. The van der Waals surface area contributed by atoms with Gasteiger partial charge in [0.25, 0.3) is 0 Å². The molecule has 0 aliphatic rings. The van der Waals surface area contributed by atoms with Gasteiger partial charge in [-0.25, -0.2) is 9.59 Å². The number of amides is 1. The van der Waals surface area contributed by atoms with Crippen molar-refractivity contribution in [3.63, 3.8) is 0 Å². The van der Waals surface area contributed by atoms with Crippen molar-refractivity contribution in [1.29, 1.82) is 0 Å². The molecule has 8 heteroatoms. The number of carboxylic acids is 1. The number of anilines is 1. The third-order valence-electron chi connectivity index (χ3n) is 4.88. The molecule has 2 aromatic carbocycles. The number of carbonyl (C=O) groups is 3. The van der Waals surface area contributed by atoms with E-state index in [-0.39, 0.29) is 24.9 Å². The van der Waals surface area contributed by atoms with Crippen LogP contribution in [-0.4, -0.2) is 41.3 Å². The van der Waals surface area contributed by atoms with E-state index in [0.29, 0.717) is 35.4 Å².